The Hall–Kier alpha value is -1.92. The van der Waals surface area contributed by atoms with Gasteiger partial charge in [0.2, 0.25) is 0 Å². The average Bonchev–Trinajstić information content (AvgIpc) is 3.16. The monoisotopic (exact) mass is 298 g/mol. The van der Waals surface area contributed by atoms with Crippen molar-refractivity contribution in [3.8, 4) is 0 Å². The summed E-state index contributed by atoms with van der Waals surface area (Å²) in [5, 5.41) is 0. The largest absolute Gasteiger partial charge is 0.463 e. The van der Waals surface area contributed by atoms with Gasteiger partial charge in [0, 0.05) is 19.0 Å². The zero-order valence-corrected chi connectivity index (χ0v) is 12.3. The third-order valence-electron chi connectivity index (χ3n) is 5.20. The highest BCUT2D eigenvalue weighted by Gasteiger charge is 2.52. The maximum atomic E-state index is 6.00. The van der Waals surface area contributed by atoms with E-state index in [0.717, 1.165) is 29.9 Å². The molecule has 2 aromatic rings. The number of fused-ring (bicyclic) bond motifs is 3. The standard InChI is InChI=1S/C16H18N4O2/c1-2-14(17-12-5-8-21-13(1)12)18-15-9-16(22-19-15)10-20-6-3-11(16)4-7-20/h1-2,5,8,11H,3-4,6-7,9-10H2,(H,17,18,19). The second kappa shape index (κ2) is 4.54. The molecule has 6 heterocycles. The van der Waals surface area contributed by atoms with Gasteiger partial charge in [-0.3, -0.25) is 10.3 Å². The number of rotatable bonds is 1. The van der Waals surface area contributed by atoms with Crippen molar-refractivity contribution < 1.29 is 9.25 Å². The Morgan fingerprint density at radius 1 is 1.27 bits per heavy atom. The third kappa shape index (κ3) is 1.87. The predicted octanol–water partition coefficient (Wildman–Crippen LogP) is 2.25. The second-order valence-corrected chi connectivity index (χ2v) is 6.53. The van der Waals surface area contributed by atoms with Crippen molar-refractivity contribution in [1.29, 1.82) is 0 Å². The van der Waals surface area contributed by atoms with Crippen molar-refractivity contribution in [3.63, 3.8) is 0 Å². The molecule has 0 aliphatic carbocycles. The number of nitrogens with one attached hydrogen (secondary N) is 1. The van der Waals surface area contributed by atoms with Crippen molar-refractivity contribution in [3.05, 3.63) is 24.5 Å². The van der Waals surface area contributed by atoms with Gasteiger partial charge < -0.3 is 9.32 Å². The first-order valence-corrected chi connectivity index (χ1v) is 7.89. The summed E-state index contributed by atoms with van der Waals surface area (Å²) in [5.74, 6) is 2.21. The molecule has 2 bridgehead atoms. The molecule has 1 N–H and O–H groups in total. The van der Waals surface area contributed by atoms with Gasteiger partial charge in [0.1, 0.15) is 17.0 Å². The Morgan fingerprint density at radius 2 is 2.18 bits per heavy atom. The molecule has 2 aromatic heterocycles. The van der Waals surface area contributed by atoms with E-state index in [1.807, 2.05) is 18.2 Å². The molecule has 6 nitrogen and oxygen atoms in total. The van der Waals surface area contributed by atoms with Gasteiger partial charge in [-0.25, -0.2) is 9.98 Å². The summed E-state index contributed by atoms with van der Waals surface area (Å²) in [6.07, 6.45) is 4.95. The van der Waals surface area contributed by atoms with E-state index in [1.54, 1.807) is 6.26 Å². The number of aliphatic imine (C=N–C) groups is 1. The third-order valence-corrected chi connectivity index (χ3v) is 5.20. The van der Waals surface area contributed by atoms with Gasteiger partial charge >= 0.3 is 0 Å². The van der Waals surface area contributed by atoms with E-state index < -0.39 is 0 Å². The summed E-state index contributed by atoms with van der Waals surface area (Å²) in [7, 11) is 0. The van der Waals surface area contributed by atoms with E-state index in [1.165, 1.54) is 25.9 Å². The number of furan rings is 1. The normalized spacial score (nSPS) is 35.5. The number of pyridine rings is 1. The summed E-state index contributed by atoms with van der Waals surface area (Å²) in [4.78, 5) is 17.6. The molecule has 4 saturated heterocycles. The van der Waals surface area contributed by atoms with Crippen LogP contribution in [0.5, 0.6) is 0 Å². The molecule has 0 saturated carbocycles. The number of hydroxylamine groups is 1. The minimum atomic E-state index is -0.0882. The van der Waals surface area contributed by atoms with Gasteiger partial charge in [-0.15, -0.1) is 0 Å². The van der Waals surface area contributed by atoms with Gasteiger partial charge in [-0.2, -0.15) is 0 Å². The van der Waals surface area contributed by atoms with Gasteiger partial charge in [-0.05, 0) is 44.0 Å². The first-order chi connectivity index (χ1) is 10.8. The van der Waals surface area contributed by atoms with Crippen molar-refractivity contribution >= 4 is 22.8 Å². The Kier molecular flexibility index (Phi) is 2.60. The first-order valence-electron chi connectivity index (χ1n) is 7.89. The number of amidine groups is 1. The Balaban J connectivity index is 1.42. The molecule has 6 heteroatoms. The van der Waals surface area contributed by atoms with E-state index in [4.69, 9.17) is 9.25 Å². The average molecular weight is 298 g/mol. The van der Waals surface area contributed by atoms with Crippen molar-refractivity contribution in [1.82, 2.24) is 15.4 Å². The van der Waals surface area contributed by atoms with Gasteiger partial charge in [-0.1, -0.05) is 0 Å². The van der Waals surface area contributed by atoms with Gasteiger partial charge in [0.05, 0.1) is 6.26 Å². The molecule has 22 heavy (non-hydrogen) atoms. The van der Waals surface area contributed by atoms with Crippen LogP contribution in [-0.2, 0) is 4.84 Å². The molecule has 4 aliphatic rings. The summed E-state index contributed by atoms with van der Waals surface area (Å²) in [5.41, 5.74) is 4.58. The molecule has 1 unspecified atom stereocenters. The van der Waals surface area contributed by atoms with Crippen LogP contribution >= 0.6 is 0 Å². The molecular formula is C16H18N4O2. The van der Waals surface area contributed by atoms with Crippen LogP contribution in [-0.4, -0.2) is 41.0 Å². The lowest BCUT2D eigenvalue weighted by atomic mass is 9.74. The van der Waals surface area contributed by atoms with Crippen LogP contribution in [0, 0.1) is 5.92 Å². The highest BCUT2D eigenvalue weighted by molar-refractivity contribution is 5.86. The lowest BCUT2D eigenvalue weighted by Gasteiger charge is -2.49. The fraction of sp³-hybridized carbons (Fsp3) is 0.500. The van der Waals surface area contributed by atoms with Crippen LogP contribution in [0.4, 0.5) is 5.82 Å². The zero-order chi connectivity index (χ0) is 14.6. The Bertz CT molecular complexity index is 747. The van der Waals surface area contributed by atoms with Crippen molar-refractivity contribution in [2.24, 2.45) is 10.9 Å². The predicted molar refractivity (Wildman–Crippen MR) is 81.8 cm³/mol. The van der Waals surface area contributed by atoms with Crippen LogP contribution in [0.2, 0.25) is 0 Å². The van der Waals surface area contributed by atoms with E-state index in [-0.39, 0.29) is 5.60 Å². The Labute approximate surface area is 128 Å². The lowest BCUT2D eigenvalue weighted by molar-refractivity contribution is -0.150. The van der Waals surface area contributed by atoms with E-state index in [9.17, 15) is 0 Å². The first kappa shape index (κ1) is 12.6. The summed E-state index contributed by atoms with van der Waals surface area (Å²) < 4.78 is 5.31. The maximum absolute atomic E-state index is 6.00. The van der Waals surface area contributed by atoms with Gasteiger partial charge in [0.25, 0.3) is 0 Å². The number of piperidine rings is 3. The highest BCUT2D eigenvalue weighted by atomic mass is 16.7. The molecule has 114 valence electrons. The zero-order valence-electron chi connectivity index (χ0n) is 12.3. The molecule has 0 radical (unpaired) electrons. The van der Waals surface area contributed by atoms with Crippen LogP contribution in [0.15, 0.2) is 33.9 Å². The smallest absolute Gasteiger partial charge is 0.154 e. The molecule has 0 amide bonds. The van der Waals surface area contributed by atoms with Crippen LogP contribution in [0.3, 0.4) is 0 Å². The Morgan fingerprint density at radius 3 is 3.00 bits per heavy atom. The number of aromatic nitrogens is 1. The molecular weight excluding hydrogens is 280 g/mol. The maximum Gasteiger partial charge on any atom is 0.154 e. The molecule has 1 spiro atoms. The lowest BCUT2D eigenvalue weighted by Crippen LogP contribution is -2.59. The minimum absolute atomic E-state index is 0.0882. The van der Waals surface area contributed by atoms with Crippen LogP contribution < -0.4 is 5.48 Å². The fourth-order valence-corrected chi connectivity index (χ4v) is 4.06. The number of nitrogens with zero attached hydrogens (tertiary/aromatic N) is 3. The highest BCUT2D eigenvalue weighted by Crippen LogP contribution is 2.42. The second-order valence-electron chi connectivity index (χ2n) is 6.53. The molecule has 4 fully saturated rings. The summed E-state index contributed by atoms with van der Waals surface area (Å²) in [6.45, 7) is 3.43. The molecule has 1 atom stereocenters. The van der Waals surface area contributed by atoms with Crippen LogP contribution in [0.1, 0.15) is 19.3 Å². The van der Waals surface area contributed by atoms with Crippen molar-refractivity contribution in [2.45, 2.75) is 24.9 Å². The molecule has 6 rings (SSSR count). The quantitative estimate of drug-likeness (QED) is 0.875. The minimum Gasteiger partial charge on any atom is -0.463 e. The van der Waals surface area contributed by atoms with Crippen molar-refractivity contribution in [2.75, 3.05) is 19.6 Å². The van der Waals surface area contributed by atoms with E-state index >= 15 is 0 Å². The summed E-state index contributed by atoms with van der Waals surface area (Å²) in [6, 6.07) is 5.63. The summed E-state index contributed by atoms with van der Waals surface area (Å²) >= 11 is 0. The molecule has 0 aromatic carbocycles. The number of hydrogen-bond acceptors (Lipinski definition) is 5. The van der Waals surface area contributed by atoms with Gasteiger partial charge in [0.15, 0.2) is 11.4 Å². The number of hydrogen-bond donors (Lipinski definition) is 1. The van der Waals surface area contributed by atoms with Crippen LogP contribution in [0.25, 0.3) is 11.1 Å². The topological polar surface area (TPSA) is 62.9 Å². The molecule has 4 aliphatic heterocycles. The fourth-order valence-electron chi connectivity index (χ4n) is 4.06. The van der Waals surface area contributed by atoms with E-state index in [2.05, 4.69) is 20.4 Å². The van der Waals surface area contributed by atoms with E-state index in [0.29, 0.717) is 11.7 Å². The SMILES string of the molecule is c1cc2nc(N=C3CC4(CN5CCC4CC5)ON3)ccc2o1.